The van der Waals surface area contributed by atoms with Crippen molar-refractivity contribution < 1.29 is 24.3 Å². The third-order valence-corrected chi connectivity index (χ3v) is 1.99. The smallest absolute Gasteiger partial charge is 0.354 e. The van der Waals surface area contributed by atoms with E-state index < -0.39 is 10.9 Å². The van der Waals surface area contributed by atoms with Gasteiger partial charge < -0.3 is 14.6 Å². The predicted octanol–water partition coefficient (Wildman–Crippen LogP) is 1.10. The van der Waals surface area contributed by atoms with E-state index >= 15 is 0 Å². The van der Waals surface area contributed by atoms with Crippen LogP contribution in [0.2, 0.25) is 0 Å². The average Bonchev–Trinajstić information content (AvgIpc) is 2.34. The number of hydrogen-bond acceptors (Lipinski definition) is 6. The number of carboxylic acid groups (broad SMARTS) is 1. The van der Waals surface area contributed by atoms with Crippen molar-refractivity contribution in [2.75, 3.05) is 20.3 Å². The number of methoxy groups -OCH3 is 1. The van der Waals surface area contributed by atoms with E-state index in [0.717, 1.165) is 12.1 Å². The van der Waals surface area contributed by atoms with Gasteiger partial charge in [-0.3, -0.25) is 10.1 Å². The zero-order valence-electron chi connectivity index (χ0n) is 9.66. The summed E-state index contributed by atoms with van der Waals surface area (Å²) in [5, 5.41) is 19.4. The molecule has 0 aliphatic rings. The summed E-state index contributed by atoms with van der Waals surface area (Å²) in [6.07, 6.45) is 0.520. The number of nitrogens with zero attached hydrogens (tertiary/aromatic N) is 2. The Morgan fingerprint density at radius 2 is 2.22 bits per heavy atom. The molecule has 8 nitrogen and oxygen atoms in total. The van der Waals surface area contributed by atoms with Gasteiger partial charge in [-0.1, -0.05) is 0 Å². The zero-order chi connectivity index (χ0) is 13.5. The minimum absolute atomic E-state index is 0.157. The molecule has 0 amide bonds. The quantitative estimate of drug-likeness (QED) is 0.441. The number of carboxylic acids is 1. The summed E-state index contributed by atoms with van der Waals surface area (Å²) >= 11 is 0. The first-order valence-corrected chi connectivity index (χ1v) is 5.06. The molecule has 0 aliphatic heterocycles. The van der Waals surface area contributed by atoms with Crippen LogP contribution in [0.4, 0.5) is 5.69 Å². The highest BCUT2D eigenvalue weighted by Gasteiger charge is 2.19. The largest absolute Gasteiger partial charge is 0.477 e. The Morgan fingerprint density at radius 3 is 2.78 bits per heavy atom. The normalized spacial score (nSPS) is 10.1. The van der Waals surface area contributed by atoms with Crippen LogP contribution in [0, 0.1) is 10.1 Å². The Kier molecular flexibility index (Phi) is 5.00. The molecule has 98 valence electrons. The molecular weight excluding hydrogens is 244 g/mol. The van der Waals surface area contributed by atoms with Gasteiger partial charge in [-0.2, -0.15) is 0 Å². The van der Waals surface area contributed by atoms with Crippen molar-refractivity contribution in [1.29, 1.82) is 0 Å². The van der Waals surface area contributed by atoms with Crippen molar-refractivity contribution in [3.8, 4) is 5.88 Å². The van der Waals surface area contributed by atoms with Gasteiger partial charge in [0.15, 0.2) is 5.69 Å². The second kappa shape index (κ2) is 6.50. The number of nitro groups is 1. The van der Waals surface area contributed by atoms with E-state index in [1.165, 1.54) is 7.11 Å². The van der Waals surface area contributed by atoms with Crippen molar-refractivity contribution >= 4 is 11.7 Å². The average molecular weight is 256 g/mol. The molecule has 1 heterocycles. The van der Waals surface area contributed by atoms with Gasteiger partial charge in [0.25, 0.3) is 5.88 Å². The Bertz CT molecular complexity index is 448. The summed E-state index contributed by atoms with van der Waals surface area (Å²) in [6.45, 7) is 0.594. The second-order valence-electron chi connectivity index (χ2n) is 3.28. The Labute approximate surface area is 102 Å². The molecule has 0 aromatic carbocycles. The zero-order valence-corrected chi connectivity index (χ0v) is 9.66. The number of pyridine rings is 1. The molecule has 0 spiro atoms. The van der Waals surface area contributed by atoms with E-state index in [4.69, 9.17) is 14.6 Å². The molecule has 0 aliphatic carbocycles. The van der Waals surface area contributed by atoms with Crippen molar-refractivity contribution in [3.63, 3.8) is 0 Å². The van der Waals surface area contributed by atoms with Crippen LogP contribution in [-0.4, -0.2) is 41.3 Å². The maximum Gasteiger partial charge on any atom is 0.354 e. The standard InChI is InChI=1S/C10H12N2O6/c1-17-5-2-6-18-9-8(12(15)16)4-3-7(11-9)10(13)14/h3-4H,2,5-6H2,1H3,(H,13,14). The molecule has 0 fully saturated rings. The van der Waals surface area contributed by atoms with E-state index in [2.05, 4.69) is 4.98 Å². The third-order valence-electron chi connectivity index (χ3n) is 1.99. The van der Waals surface area contributed by atoms with Crippen LogP contribution in [0.1, 0.15) is 16.9 Å². The molecule has 1 rings (SSSR count). The molecule has 0 radical (unpaired) electrons. The molecule has 1 N–H and O–H groups in total. The molecule has 0 saturated heterocycles. The van der Waals surface area contributed by atoms with Gasteiger partial charge >= 0.3 is 11.7 Å². The SMILES string of the molecule is COCCCOc1nc(C(=O)O)ccc1[N+](=O)[O-]. The molecule has 18 heavy (non-hydrogen) atoms. The number of hydrogen-bond donors (Lipinski definition) is 1. The van der Waals surface area contributed by atoms with E-state index in [1.54, 1.807) is 0 Å². The van der Waals surface area contributed by atoms with Gasteiger partial charge in [-0.15, -0.1) is 0 Å². The maximum absolute atomic E-state index is 10.7. The minimum Gasteiger partial charge on any atom is -0.477 e. The van der Waals surface area contributed by atoms with Crippen LogP contribution in [0.5, 0.6) is 5.88 Å². The lowest BCUT2D eigenvalue weighted by Gasteiger charge is -2.06. The van der Waals surface area contributed by atoms with Crippen LogP contribution in [0.15, 0.2) is 12.1 Å². The van der Waals surface area contributed by atoms with Crippen LogP contribution >= 0.6 is 0 Å². The first-order valence-electron chi connectivity index (χ1n) is 5.06. The molecule has 1 aromatic rings. The van der Waals surface area contributed by atoms with Crippen LogP contribution < -0.4 is 4.74 Å². The first kappa shape index (κ1) is 13.8. The van der Waals surface area contributed by atoms with E-state index in [0.29, 0.717) is 13.0 Å². The van der Waals surface area contributed by atoms with E-state index in [-0.39, 0.29) is 23.9 Å². The van der Waals surface area contributed by atoms with Gasteiger partial charge in [0.05, 0.1) is 11.5 Å². The number of ether oxygens (including phenoxy) is 2. The Balaban J connectivity index is 2.86. The Morgan fingerprint density at radius 1 is 1.50 bits per heavy atom. The van der Waals surface area contributed by atoms with Crippen LogP contribution in [-0.2, 0) is 4.74 Å². The van der Waals surface area contributed by atoms with Gasteiger partial charge in [0, 0.05) is 26.2 Å². The number of carbonyl (C=O) groups is 1. The fraction of sp³-hybridized carbons (Fsp3) is 0.400. The number of aromatic carboxylic acids is 1. The molecular formula is C10H12N2O6. The summed E-state index contributed by atoms with van der Waals surface area (Å²) in [4.78, 5) is 24.3. The minimum atomic E-state index is -1.27. The summed E-state index contributed by atoms with van der Waals surface area (Å²) < 4.78 is 9.89. The number of rotatable bonds is 7. The van der Waals surface area contributed by atoms with Gasteiger partial charge in [0.2, 0.25) is 0 Å². The van der Waals surface area contributed by atoms with Crippen molar-refractivity contribution in [3.05, 3.63) is 27.9 Å². The summed E-state index contributed by atoms with van der Waals surface area (Å²) in [6, 6.07) is 2.12. The summed E-state index contributed by atoms with van der Waals surface area (Å²) in [5.74, 6) is -1.57. The lowest BCUT2D eigenvalue weighted by atomic mass is 10.3. The summed E-state index contributed by atoms with van der Waals surface area (Å²) in [7, 11) is 1.52. The van der Waals surface area contributed by atoms with E-state index in [1.807, 2.05) is 0 Å². The van der Waals surface area contributed by atoms with Crippen molar-refractivity contribution in [2.24, 2.45) is 0 Å². The van der Waals surface area contributed by atoms with E-state index in [9.17, 15) is 14.9 Å². The third kappa shape index (κ3) is 3.67. The molecule has 0 unspecified atom stereocenters. The molecule has 8 heteroatoms. The molecule has 0 atom stereocenters. The fourth-order valence-corrected chi connectivity index (χ4v) is 1.17. The second-order valence-corrected chi connectivity index (χ2v) is 3.28. The molecule has 0 saturated carbocycles. The maximum atomic E-state index is 10.7. The van der Waals surface area contributed by atoms with Crippen LogP contribution in [0.25, 0.3) is 0 Å². The van der Waals surface area contributed by atoms with Crippen molar-refractivity contribution in [1.82, 2.24) is 4.98 Å². The predicted molar refractivity (Wildman–Crippen MR) is 59.8 cm³/mol. The monoisotopic (exact) mass is 256 g/mol. The highest BCUT2D eigenvalue weighted by molar-refractivity contribution is 5.85. The molecule has 1 aromatic heterocycles. The topological polar surface area (TPSA) is 112 Å². The molecule has 0 bridgehead atoms. The highest BCUT2D eigenvalue weighted by Crippen LogP contribution is 2.24. The Hall–Kier alpha value is -2.22. The fourth-order valence-electron chi connectivity index (χ4n) is 1.17. The lowest BCUT2D eigenvalue weighted by Crippen LogP contribution is -2.08. The van der Waals surface area contributed by atoms with Gasteiger partial charge in [-0.05, 0) is 6.07 Å². The summed E-state index contributed by atoms with van der Waals surface area (Å²) in [5.41, 5.74) is -0.667. The highest BCUT2D eigenvalue weighted by atomic mass is 16.6. The van der Waals surface area contributed by atoms with Crippen LogP contribution in [0.3, 0.4) is 0 Å². The van der Waals surface area contributed by atoms with Gasteiger partial charge in [0.1, 0.15) is 0 Å². The van der Waals surface area contributed by atoms with Crippen molar-refractivity contribution in [2.45, 2.75) is 6.42 Å². The lowest BCUT2D eigenvalue weighted by molar-refractivity contribution is -0.386. The van der Waals surface area contributed by atoms with Gasteiger partial charge in [-0.25, -0.2) is 9.78 Å². The number of aromatic nitrogens is 1. The first-order chi connectivity index (χ1) is 8.56.